The minimum Gasteiger partial charge on any atom is -0.338 e. The van der Waals surface area contributed by atoms with E-state index in [-0.39, 0.29) is 11.5 Å². The molecule has 1 atom stereocenters. The van der Waals surface area contributed by atoms with Crippen LogP contribution in [0.2, 0.25) is 5.02 Å². The van der Waals surface area contributed by atoms with E-state index in [1.54, 1.807) is 25.3 Å². The van der Waals surface area contributed by atoms with Crippen LogP contribution in [0.3, 0.4) is 0 Å². The minimum atomic E-state index is -4.56. The molecule has 0 N–H and O–H groups in total. The molecule has 162 valence electrons. The lowest BCUT2D eigenvalue weighted by atomic mass is 10.0. The summed E-state index contributed by atoms with van der Waals surface area (Å²) >= 11 is 5.97. The molecule has 1 saturated heterocycles. The van der Waals surface area contributed by atoms with Gasteiger partial charge in [0.1, 0.15) is 0 Å². The van der Waals surface area contributed by atoms with Gasteiger partial charge in [-0.25, -0.2) is 4.98 Å². The van der Waals surface area contributed by atoms with Gasteiger partial charge in [-0.15, -0.1) is 0 Å². The maximum absolute atomic E-state index is 13.4. The molecule has 1 aliphatic rings. The maximum Gasteiger partial charge on any atom is 0.417 e. The predicted octanol–water partition coefficient (Wildman–Crippen LogP) is 5.71. The van der Waals surface area contributed by atoms with Crippen molar-refractivity contribution in [3.63, 3.8) is 0 Å². The van der Waals surface area contributed by atoms with E-state index in [1.807, 2.05) is 6.07 Å². The van der Waals surface area contributed by atoms with Crippen LogP contribution in [0.1, 0.15) is 40.0 Å². The number of likely N-dealkylation sites (tertiary alicyclic amines) is 1. The summed E-state index contributed by atoms with van der Waals surface area (Å²) in [6.07, 6.45) is -0.598. The predicted molar refractivity (Wildman–Crippen MR) is 113 cm³/mol. The molecule has 0 unspecified atom stereocenters. The Morgan fingerprint density at radius 3 is 2.77 bits per heavy atom. The molecule has 1 amide bonds. The first-order valence-corrected chi connectivity index (χ1v) is 10.5. The van der Waals surface area contributed by atoms with E-state index < -0.39 is 17.6 Å². The molecule has 0 aliphatic carbocycles. The van der Waals surface area contributed by atoms with E-state index in [1.165, 1.54) is 17.0 Å². The Bertz CT molecular complexity index is 1130. The molecule has 2 heterocycles. The highest BCUT2D eigenvalue weighted by Crippen LogP contribution is 2.34. The molecule has 2 aromatic carbocycles. The lowest BCUT2D eigenvalue weighted by Gasteiger charge is -2.20. The number of alkyl halides is 3. The Morgan fingerprint density at radius 2 is 2.00 bits per heavy atom. The van der Waals surface area contributed by atoms with Crippen LogP contribution in [-0.4, -0.2) is 33.9 Å². The van der Waals surface area contributed by atoms with Gasteiger partial charge in [0.05, 0.1) is 27.9 Å². The number of hydrogen-bond acceptors (Lipinski definition) is 3. The van der Waals surface area contributed by atoms with Gasteiger partial charge in [0.2, 0.25) is 0 Å². The third-order valence-electron chi connectivity index (χ3n) is 5.65. The number of aromatic nitrogens is 2. The average molecular weight is 448 g/mol. The second-order valence-electron chi connectivity index (χ2n) is 7.99. The molecular formula is C23H21ClF3N3O. The monoisotopic (exact) mass is 447 g/mol. The highest BCUT2D eigenvalue weighted by molar-refractivity contribution is 6.31. The second-order valence-corrected chi connectivity index (χ2v) is 8.42. The SMILES string of the molecule is Cc1ccc(C(F)(F)F)c(C(=O)N2CC[C@@H](CCc3cnc4cc(Cl)ccc4n3)C2)c1. The van der Waals surface area contributed by atoms with Crippen molar-refractivity contribution in [3.05, 3.63) is 70.0 Å². The van der Waals surface area contributed by atoms with Crippen LogP contribution < -0.4 is 0 Å². The Labute approximate surface area is 183 Å². The summed E-state index contributed by atoms with van der Waals surface area (Å²) in [6.45, 7) is 2.58. The average Bonchev–Trinajstić information content (AvgIpc) is 3.19. The molecule has 4 rings (SSSR count). The fourth-order valence-corrected chi connectivity index (χ4v) is 4.17. The molecule has 8 heteroatoms. The molecule has 0 radical (unpaired) electrons. The molecular weight excluding hydrogens is 427 g/mol. The van der Waals surface area contributed by atoms with Crippen molar-refractivity contribution in [2.45, 2.75) is 32.4 Å². The molecule has 1 aliphatic heterocycles. The lowest BCUT2D eigenvalue weighted by molar-refractivity contribution is -0.138. The van der Waals surface area contributed by atoms with Crippen LogP contribution in [0.15, 0.2) is 42.6 Å². The van der Waals surface area contributed by atoms with Gasteiger partial charge in [-0.1, -0.05) is 23.2 Å². The highest BCUT2D eigenvalue weighted by atomic mass is 35.5. The van der Waals surface area contributed by atoms with Gasteiger partial charge in [0.15, 0.2) is 0 Å². The molecule has 0 spiro atoms. The summed E-state index contributed by atoms with van der Waals surface area (Å²) in [5.41, 5.74) is 1.82. The van der Waals surface area contributed by atoms with Gasteiger partial charge >= 0.3 is 6.18 Å². The Balaban J connectivity index is 1.41. The van der Waals surface area contributed by atoms with Crippen LogP contribution in [0.4, 0.5) is 13.2 Å². The van der Waals surface area contributed by atoms with Gasteiger partial charge in [0.25, 0.3) is 5.91 Å². The topological polar surface area (TPSA) is 46.1 Å². The zero-order valence-corrected chi connectivity index (χ0v) is 17.7. The van der Waals surface area contributed by atoms with Crippen LogP contribution >= 0.6 is 11.6 Å². The van der Waals surface area contributed by atoms with Crippen molar-refractivity contribution in [2.75, 3.05) is 13.1 Å². The van der Waals surface area contributed by atoms with Gasteiger partial charge in [0, 0.05) is 24.3 Å². The van der Waals surface area contributed by atoms with Crippen LogP contribution in [-0.2, 0) is 12.6 Å². The van der Waals surface area contributed by atoms with Crippen LogP contribution in [0, 0.1) is 12.8 Å². The second kappa shape index (κ2) is 8.46. The van der Waals surface area contributed by atoms with Gasteiger partial charge < -0.3 is 4.90 Å². The standard InChI is InChI=1S/C23H21ClF3N3O/c1-14-2-6-19(23(25,26)27)18(10-14)22(31)30-9-8-15(13-30)3-5-17-12-28-21-11-16(24)4-7-20(21)29-17/h2,4,6-7,10-12,15H,3,5,8-9,13H2,1H3/t15-/m1/s1. The van der Waals surface area contributed by atoms with E-state index in [0.717, 1.165) is 35.6 Å². The van der Waals surface area contributed by atoms with Gasteiger partial charge in [-0.05, 0) is 62.4 Å². The zero-order chi connectivity index (χ0) is 22.2. The summed E-state index contributed by atoms with van der Waals surface area (Å²) in [5, 5.41) is 0.604. The number of benzene rings is 2. The smallest absolute Gasteiger partial charge is 0.338 e. The van der Waals surface area contributed by atoms with Crippen LogP contribution in [0.5, 0.6) is 0 Å². The van der Waals surface area contributed by atoms with E-state index in [4.69, 9.17) is 11.6 Å². The number of amides is 1. The zero-order valence-electron chi connectivity index (χ0n) is 16.9. The number of fused-ring (bicyclic) bond motifs is 1. The van der Waals surface area contributed by atoms with Gasteiger partial charge in [-0.3, -0.25) is 9.78 Å². The number of aryl methyl sites for hydroxylation is 2. The molecule has 1 fully saturated rings. The fourth-order valence-electron chi connectivity index (χ4n) is 4.00. The Morgan fingerprint density at radius 1 is 1.19 bits per heavy atom. The number of hydrogen-bond donors (Lipinski definition) is 0. The van der Waals surface area contributed by atoms with Crippen LogP contribution in [0.25, 0.3) is 11.0 Å². The molecule has 3 aromatic rings. The van der Waals surface area contributed by atoms with Crippen molar-refractivity contribution in [2.24, 2.45) is 5.92 Å². The first-order valence-electron chi connectivity index (χ1n) is 10.1. The summed E-state index contributed by atoms with van der Waals surface area (Å²) in [7, 11) is 0. The van der Waals surface area contributed by atoms with E-state index in [0.29, 0.717) is 30.1 Å². The lowest BCUT2D eigenvalue weighted by Crippen LogP contribution is -2.30. The number of halogens is 4. The number of nitrogens with zero attached hydrogens (tertiary/aromatic N) is 3. The molecule has 31 heavy (non-hydrogen) atoms. The minimum absolute atomic E-state index is 0.214. The summed E-state index contributed by atoms with van der Waals surface area (Å²) < 4.78 is 40.1. The first-order chi connectivity index (χ1) is 14.7. The fraction of sp³-hybridized carbons (Fsp3) is 0.348. The number of rotatable bonds is 4. The third kappa shape index (κ3) is 4.82. The van der Waals surface area contributed by atoms with Crippen molar-refractivity contribution >= 4 is 28.5 Å². The summed E-state index contributed by atoms with van der Waals surface area (Å²) in [5.74, 6) is -0.341. The molecule has 4 nitrogen and oxygen atoms in total. The van der Waals surface area contributed by atoms with E-state index in [2.05, 4.69) is 9.97 Å². The van der Waals surface area contributed by atoms with Crippen molar-refractivity contribution < 1.29 is 18.0 Å². The van der Waals surface area contributed by atoms with Crippen molar-refractivity contribution in [1.29, 1.82) is 0 Å². The van der Waals surface area contributed by atoms with Gasteiger partial charge in [-0.2, -0.15) is 13.2 Å². The molecule has 1 aromatic heterocycles. The van der Waals surface area contributed by atoms with E-state index in [9.17, 15) is 18.0 Å². The normalized spacial score (nSPS) is 16.8. The Kier molecular flexibility index (Phi) is 5.88. The molecule has 0 saturated carbocycles. The quantitative estimate of drug-likeness (QED) is 0.515. The first kappa shape index (κ1) is 21.6. The molecule has 0 bridgehead atoms. The highest BCUT2D eigenvalue weighted by Gasteiger charge is 2.37. The van der Waals surface area contributed by atoms with E-state index >= 15 is 0 Å². The van der Waals surface area contributed by atoms with Crippen molar-refractivity contribution in [1.82, 2.24) is 14.9 Å². The summed E-state index contributed by atoms with van der Waals surface area (Å²) in [4.78, 5) is 23.4. The maximum atomic E-state index is 13.4. The number of carbonyl (C=O) groups is 1. The number of carbonyl (C=O) groups excluding carboxylic acids is 1. The Hall–Kier alpha value is -2.67. The largest absolute Gasteiger partial charge is 0.417 e. The summed E-state index contributed by atoms with van der Waals surface area (Å²) in [6, 6.07) is 9.05. The third-order valence-corrected chi connectivity index (χ3v) is 5.88. The van der Waals surface area contributed by atoms with Crippen molar-refractivity contribution in [3.8, 4) is 0 Å².